The number of ether oxygens (including phenoxy) is 1. The molecule has 1 saturated heterocycles. The number of amides is 1. The van der Waals surface area contributed by atoms with E-state index in [1.807, 2.05) is 11.8 Å². The number of hydrogen-bond acceptors (Lipinski definition) is 6. The lowest BCUT2D eigenvalue weighted by molar-refractivity contribution is -0.384. The van der Waals surface area contributed by atoms with Gasteiger partial charge in [0.05, 0.1) is 11.0 Å². The van der Waals surface area contributed by atoms with E-state index in [0.29, 0.717) is 6.04 Å². The molecule has 1 aliphatic carbocycles. The summed E-state index contributed by atoms with van der Waals surface area (Å²) < 4.78 is 5.98. The van der Waals surface area contributed by atoms with Crippen LogP contribution in [0.3, 0.4) is 0 Å². The number of nitrogens with one attached hydrogen (secondary N) is 1. The summed E-state index contributed by atoms with van der Waals surface area (Å²) in [6.45, 7) is 7.25. The molecule has 1 saturated carbocycles. The minimum atomic E-state index is -0.370. The second-order valence-corrected chi connectivity index (χ2v) is 9.39. The highest BCUT2D eigenvalue weighted by Crippen LogP contribution is 2.27. The largest absolute Gasteiger partial charge is 0.382 e. The summed E-state index contributed by atoms with van der Waals surface area (Å²) in [5.41, 5.74) is 4.39. The smallest absolute Gasteiger partial charge is 0.269 e. The third-order valence-corrected chi connectivity index (χ3v) is 6.93. The first-order valence-electron chi connectivity index (χ1n) is 12.1. The summed E-state index contributed by atoms with van der Waals surface area (Å²) in [7, 11) is 0. The van der Waals surface area contributed by atoms with E-state index in [1.54, 1.807) is 12.1 Å². The predicted octanol–water partition coefficient (Wildman–Crippen LogP) is 4.30. The summed E-state index contributed by atoms with van der Waals surface area (Å²) >= 11 is 0. The van der Waals surface area contributed by atoms with Crippen LogP contribution in [0.5, 0.6) is 0 Å². The van der Waals surface area contributed by atoms with Crippen LogP contribution in [0.25, 0.3) is 0 Å². The summed E-state index contributed by atoms with van der Waals surface area (Å²) in [6.07, 6.45) is 3.81. The van der Waals surface area contributed by atoms with Crippen LogP contribution in [-0.2, 0) is 9.53 Å². The molecule has 0 radical (unpaired) electrons. The van der Waals surface area contributed by atoms with Crippen molar-refractivity contribution in [3.05, 3.63) is 63.7 Å². The summed E-state index contributed by atoms with van der Waals surface area (Å²) in [6, 6.07) is 13.8. The fraction of sp³-hybridized carbons (Fsp3) is 0.500. The molecule has 0 atom stereocenters. The van der Waals surface area contributed by atoms with Gasteiger partial charge in [0.1, 0.15) is 6.61 Å². The van der Waals surface area contributed by atoms with Gasteiger partial charge >= 0.3 is 0 Å². The summed E-state index contributed by atoms with van der Waals surface area (Å²) in [4.78, 5) is 27.5. The van der Waals surface area contributed by atoms with E-state index in [2.05, 4.69) is 41.4 Å². The van der Waals surface area contributed by atoms with Gasteiger partial charge in [-0.2, -0.15) is 0 Å². The van der Waals surface area contributed by atoms with Crippen molar-refractivity contribution in [2.45, 2.75) is 51.7 Å². The third-order valence-electron chi connectivity index (χ3n) is 6.93. The molecule has 1 N–H and O–H groups in total. The Morgan fingerprint density at radius 2 is 1.71 bits per heavy atom. The standard InChI is InChI=1S/C26H34N4O4/c1-19-3-7-22(8-4-19)28-13-15-29(16-14-28)26(31)18-34-24-10-5-21(6-11-24)27-25-12-9-23(30(32)33)17-20(25)2/h3-4,7-9,12,17,21,24,27H,5-6,10-11,13-16,18H2,1-2H3. The zero-order valence-electron chi connectivity index (χ0n) is 20.0. The number of nitro groups is 1. The molecule has 34 heavy (non-hydrogen) atoms. The van der Waals surface area contributed by atoms with Gasteiger partial charge in [0, 0.05) is 55.7 Å². The highest BCUT2D eigenvalue weighted by atomic mass is 16.6. The lowest BCUT2D eigenvalue weighted by Crippen LogP contribution is -2.50. The van der Waals surface area contributed by atoms with Gasteiger partial charge < -0.3 is 19.9 Å². The molecule has 1 heterocycles. The van der Waals surface area contributed by atoms with Crippen molar-refractivity contribution >= 4 is 23.0 Å². The molecule has 0 bridgehead atoms. The molecule has 4 rings (SSSR count). The van der Waals surface area contributed by atoms with Gasteiger partial charge in [-0.1, -0.05) is 17.7 Å². The van der Waals surface area contributed by atoms with Crippen LogP contribution < -0.4 is 10.2 Å². The Kier molecular flexibility index (Phi) is 7.67. The van der Waals surface area contributed by atoms with Crippen LogP contribution in [0.4, 0.5) is 17.1 Å². The topological polar surface area (TPSA) is 88.0 Å². The van der Waals surface area contributed by atoms with Crippen molar-refractivity contribution < 1.29 is 14.5 Å². The number of piperazine rings is 1. The third kappa shape index (κ3) is 6.05. The van der Waals surface area contributed by atoms with Gasteiger partial charge in [-0.3, -0.25) is 14.9 Å². The zero-order valence-corrected chi connectivity index (χ0v) is 20.0. The van der Waals surface area contributed by atoms with Crippen LogP contribution in [0, 0.1) is 24.0 Å². The first kappa shape index (κ1) is 24.0. The average Bonchev–Trinajstić information content (AvgIpc) is 2.85. The molecular weight excluding hydrogens is 432 g/mol. The van der Waals surface area contributed by atoms with Crippen molar-refractivity contribution in [2.75, 3.05) is 43.0 Å². The number of hydrogen-bond donors (Lipinski definition) is 1. The van der Waals surface area contributed by atoms with Gasteiger partial charge in [-0.15, -0.1) is 0 Å². The van der Waals surface area contributed by atoms with Crippen molar-refractivity contribution in [3.63, 3.8) is 0 Å². The van der Waals surface area contributed by atoms with E-state index >= 15 is 0 Å². The van der Waals surface area contributed by atoms with Crippen molar-refractivity contribution in [1.29, 1.82) is 0 Å². The number of non-ortho nitro benzene ring substituents is 1. The van der Waals surface area contributed by atoms with E-state index in [1.165, 1.54) is 17.3 Å². The molecule has 8 heteroatoms. The van der Waals surface area contributed by atoms with Crippen molar-refractivity contribution in [3.8, 4) is 0 Å². The SMILES string of the molecule is Cc1ccc(N2CCN(C(=O)COC3CCC(Nc4ccc([N+](=O)[O-])cc4C)CC3)CC2)cc1. The molecule has 0 aromatic heterocycles. The maximum Gasteiger partial charge on any atom is 0.269 e. The average molecular weight is 467 g/mol. The van der Waals surface area contributed by atoms with Crippen LogP contribution in [0.1, 0.15) is 36.8 Å². The second kappa shape index (κ2) is 10.9. The van der Waals surface area contributed by atoms with Gasteiger partial charge in [0.25, 0.3) is 5.69 Å². The fourth-order valence-corrected chi connectivity index (χ4v) is 4.77. The molecule has 0 unspecified atom stereocenters. The highest BCUT2D eigenvalue weighted by molar-refractivity contribution is 5.77. The van der Waals surface area contributed by atoms with E-state index in [-0.39, 0.29) is 29.2 Å². The normalized spacial score (nSPS) is 20.8. The van der Waals surface area contributed by atoms with E-state index < -0.39 is 0 Å². The number of aryl methyl sites for hydroxylation is 2. The Labute approximate surface area is 201 Å². The molecule has 8 nitrogen and oxygen atoms in total. The molecule has 182 valence electrons. The number of carbonyl (C=O) groups excluding carboxylic acids is 1. The molecule has 2 aromatic carbocycles. The van der Waals surface area contributed by atoms with Gasteiger partial charge in [-0.05, 0) is 63.3 Å². The number of anilines is 2. The maximum absolute atomic E-state index is 12.7. The van der Waals surface area contributed by atoms with Crippen LogP contribution in [0.2, 0.25) is 0 Å². The number of nitro benzene ring substituents is 1. The number of benzene rings is 2. The number of rotatable bonds is 7. The van der Waals surface area contributed by atoms with Crippen LogP contribution in [0.15, 0.2) is 42.5 Å². The first-order valence-corrected chi connectivity index (χ1v) is 12.1. The summed E-state index contributed by atoms with van der Waals surface area (Å²) in [5, 5.41) is 14.4. The van der Waals surface area contributed by atoms with Gasteiger partial charge in [-0.25, -0.2) is 0 Å². The van der Waals surface area contributed by atoms with E-state index in [4.69, 9.17) is 4.74 Å². The van der Waals surface area contributed by atoms with E-state index in [9.17, 15) is 14.9 Å². The quantitative estimate of drug-likeness (QED) is 0.484. The van der Waals surface area contributed by atoms with Gasteiger partial charge in [0.15, 0.2) is 0 Å². The molecule has 2 fully saturated rings. The molecule has 2 aliphatic rings. The minimum Gasteiger partial charge on any atom is -0.382 e. The lowest BCUT2D eigenvalue weighted by Gasteiger charge is -2.36. The molecule has 1 aliphatic heterocycles. The van der Waals surface area contributed by atoms with Crippen LogP contribution >= 0.6 is 0 Å². The zero-order chi connectivity index (χ0) is 24.1. The Morgan fingerprint density at radius 1 is 1.03 bits per heavy atom. The minimum absolute atomic E-state index is 0.0744. The Bertz CT molecular complexity index is 994. The molecule has 0 spiro atoms. The predicted molar refractivity (Wildman–Crippen MR) is 133 cm³/mol. The van der Waals surface area contributed by atoms with Gasteiger partial charge in [0.2, 0.25) is 5.91 Å². The first-order chi connectivity index (χ1) is 16.4. The molecular formula is C26H34N4O4. The molecule has 1 amide bonds. The Balaban J connectivity index is 1.16. The maximum atomic E-state index is 12.7. The van der Waals surface area contributed by atoms with Crippen molar-refractivity contribution in [2.24, 2.45) is 0 Å². The summed E-state index contributed by atoms with van der Waals surface area (Å²) in [5.74, 6) is 0.0744. The second-order valence-electron chi connectivity index (χ2n) is 9.39. The number of nitrogens with zero attached hydrogens (tertiary/aromatic N) is 3. The van der Waals surface area contributed by atoms with E-state index in [0.717, 1.165) is 63.1 Å². The van der Waals surface area contributed by atoms with Crippen molar-refractivity contribution in [1.82, 2.24) is 4.90 Å². The molecule has 2 aromatic rings. The highest BCUT2D eigenvalue weighted by Gasteiger charge is 2.25. The van der Waals surface area contributed by atoms with Crippen LogP contribution in [-0.4, -0.2) is 60.7 Å². The number of carbonyl (C=O) groups is 1. The Hall–Kier alpha value is -3.13. The lowest BCUT2D eigenvalue weighted by atomic mass is 9.92. The Morgan fingerprint density at radius 3 is 2.32 bits per heavy atom. The fourth-order valence-electron chi connectivity index (χ4n) is 4.77. The monoisotopic (exact) mass is 466 g/mol.